The van der Waals surface area contributed by atoms with Gasteiger partial charge in [-0.2, -0.15) is 0 Å². The average molecular weight is 287 g/mol. The van der Waals surface area contributed by atoms with E-state index in [9.17, 15) is 9.59 Å². The summed E-state index contributed by atoms with van der Waals surface area (Å²) in [7, 11) is 0. The molecular formula is C17H21NO3. The molecule has 1 atom stereocenters. The Balaban J connectivity index is 2.48. The number of benzene rings is 1. The summed E-state index contributed by atoms with van der Waals surface area (Å²) in [6.07, 6.45) is 1.54. The van der Waals surface area contributed by atoms with Crippen molar-refractivity contribution < 1.29 is 14.3 Å². The third-order valence-electron chi connectivity index (χ3n) is 3.54. The van der Waals surface area contributed by atoms with Crippen molar-refractivity contribution in [3.63, 3.8) is 0 Å². The largest absolute Gasteiger partial charge is 0.443 e. The van der Waals surface area contributed by atoms with Crippen LogP contribution in [0.5, 0.6) is 0 Å². The number of fused-ring (bicyclic) bond motifs is 1. The van der Waals surface area contributed by atoms with E-state index >= 15 is 0 Å². The van der Waals surface area contributed by atoms with Crippen LogP contribution in [0.2, 0.25) is 0 Å². The quantitative estimate of drug-likeness (QED) is 0.777. The van der Waals surface area contributed by atoms with Gasteiger partial charge in [-0.25, -0.2) is 9.69 Å². The lowest BCUT2D eigenvalue weighted by Gasteiger charge is -2.25. The summed E-state index contributed by atoms with van der Waals surface area (Å²) in [6.45, 7) is 10.9. The van der Waals surface area contributed by atoms with Gasteiger partial charge < -0.3 is 4.74 Å². The first-order valence-electron chi connectivity index (χ1n) is 6.98. The van der Waals surface area contributed by atoms with Gasteiger partial charge in [0.2, 0.25) is 5.91 Å². The minimum absolute atomic E-state index is 0.266. The second-order valence-corrected chi connectivity index (χ2v) is 6.46. The van der Waals surface area contributed by atoms with Crippen molar-refractivity contribution in [3.8, 4) is 0 Å². The maximum atomic E-state index is 12.8. The lowest BCUT2D eigenvalue weighted by molar-refractivity contribution is -0.122. The molecule has 2 amide bonds. The van der Waals surface area contributed by atoms with Crippen LogP contribution in [0.1, 0.15) is 39.7 Å². The molecule has 0 aliphatic carbocycles. The molecule has 0 saturated heterocycles. The second-order valence-electron chi connectivity index (χ2n) is 6.46. The number of rotatable bonds is 2. The van der Waals surface area contributed by atoms with Gasteiger partial charge in [-0.3, -0.25) is 4.79 Å². The van der Waals surface area contributed by atoms with Crippen molar-refractivity contribution in [2.24, 2.45) is 0 Å². The lowest BCUT2D eigenvalue weighted by atomic mass is 9.81. The van der Waals surface area contributed by atoms with Gasteiger partial charge in [-0.15, -0.1) is 6.58 Å². The molecule has 0 aromatic heterocycles. The molecule has 4 heteroatoms. The molecule has 112 valence electrons. The first-order valence-corrected chi connectivity index (χ1v) is 6.98. The number of hydrogen-bond acceptors (Lipinski definition) is 3. The third-order valence-corrected chi connectivity index (χ3v) is 3.54. The first-order chi connectivity index (χ1) is 9.70. The Kier molecular flexibility index (Phi) is 3.66. The van der Waals surface area contributed by atoms with Crippen LogP contribution in [0.3, 0.4) is 0 Å². The first kappa shape index (κ1) is 15.3. The molecule has 1 heterocycles. The SMILES string of the molecule is C=CCC1(C)C(=O)N(C(=O)OC(C)(C)C)c2ccccc21. The summed E-state index contributed by atoms with van der Waals surface area (Å²) in [5.41, 5.74) is 0.0146. The molecule has 21 heavy (non-hydrogen) atoms. The molecule has 4 nitrogen and oxygen atoms in total. The van der Waals surface area contributed by atoms with Crippen molar-refractivity contribution in [3.05, 3.63) is 42.5 Å². The highest BCUT2D eigenvalue weighted by molar-refractivity contribution is 6.21. The van der Waals surface area contributed by atoms with E-state index in [2.05, 4.69) is 6.58 Å². The van der Waals surface area contributed by atoms with Crippen LogP contribution in [0.15, 0.2) is 36.9 Å². The summed E-state index contributed by atoms with van der Waals surface area (Å²) in [5.74, 6) is -0.266. The second kappa shape index (κ2) is 5.02. The highest BCUT2D eigenvalue weighted by Crippen LogP contribution is 2.44. The topological polar surface area (TPSA) is 46.6 Å². The fourth-order valence-corrected chi connectivity index (χ4v) is 2.58. The number of hydrogen-bond donors (Lipinski definition) is 0. The van der Waals surface area contributed by atoms with Gasteiger partial charge >= 0.3 is 6.09 Å². The van der Waals surface area contributed by atoms with E-state index in [1.807, 2.05) is 25.1 Å². The van der Waals surface area contributed by atoms with E-state index in [0.29, 0.717) is 12.1 Å². The number of carbonyl (C=O) groups is 2. The van der Waals surface area contributed by atoms with Crippen LogP contribution < -0.4 is 4.90 Å². The van der Waals surface area contributed by atoms with Gasteiger partial charge in [0.05, 0.1) is 11.1 Å². The van der Waals surface area contributed by atoms with Gasteiger partial charge in [-0.1, -0.05) is 24.3 Å². The van der Waals surface area contributed by atoms with Crippen LogP contribution in [-0.2, 0) is 14.9 Å². The Morgan fingerprint density at radius 1 is 1.38 bits per heavy atom. The normalized spacial score (nSPS) is 21.1. The Morgan fingerprint density at radius 3 is 2.57 bits per heavy atom. The molecule has 0 saturated carbocycles. The fraction of sp³-hybridized carbons (Fsp3) is 0.412. The zero-order chi connectivity index (χ0) is 15.8. The number of amides is 2. The van der Waals surface area contributed by atoms with Gasteiger partial charge in [-0.05, 0) is 45.7 Å². The van der Waals surface area contributed by atoms with Gasteiger partial charge in [0.1, 0.15) is 5.60 Å². The maximum Gasteiger partial charge on any atom is 0.421 e. The Hall–Kier alpha value is -2.10. The van der Waals surface area contributed by atoms with Crippen molar-refractivity contribution in [2.45, 2.75) is 45.1 Å². The minimum Gasteiger partial charge on any atom is -0.443 e. The number of allylic oxidation sites excluding steroid dienone is 1. The number of anilines is 1. The number of carbonyl (C=O) groups excluding carboxylic acids is 2. The summed E-state index contributed by atoms with van der Waals surface area (Å²) in [4.78, 5) is 26.3. The highest BCUT2D eigenvalue weighted by atomic mass is 16.6. The monoisotopic (exact) mass is 287 g/mol. The zero-order valence-corrected chi connectivity index (χ0v) is 13.0. The Morgan fingerprint density at radius 2 is 2.00 bits per heavy atom. The third kappa shape index (κ3) is 2.58. The van der Waals surface area contributed by atoms with Crippen LogP contribution in [0.4, 0.5) is 10.5 Å². The summed E-state index contributed by atoms with van der Waals surface area (Å²) in [5, 5.41) is 0. The Bertz CT molecular complexity index is 600. The van der Waals surface area contributed by atoms with E-state index < -0.39 is 17.1 Å². The lowest BCUT2D eigenvalue weighted by Crippen LogP contribution is -2.44. The van der Waals surface area contributed by atoms with E-state index in [1.165, 1.54) is 0 Å². The summed E-state index contributed by atoms with van der Waals surface area (Å²) >= 11 is 0. The van der Waals surface area contributed by atoms with Crippen molar-refractivity contribution in [1.82, 2.24) is 0 Å². The van der Waals surface area contributed by atoms with Crippen LogP contribution in [-0.4, -0.2) is 17.6 Å². The molecule has 1 aliphatic heterocycles. The molecule has 0 spiro atoms. The molecule has 2 rings (SSSR count). The highest BCUT2D eigenvalue weighted by Gasteiger charge is 2.49. The van der Waals surface area contributed by atoms with Crippen molar-refractivity contribution in [1.29, 1.82) is 0 Å². The number of imide groups is 1. The van der Waals surface area contributed by atoms with Gasteiger partial charge in [0, 0.05) is 0 Å². The number of para-hydroxylation sites is 1. The summed E-state index contributed by atoms with van der Waals surface area (Å²) in [6, 6.07) is 7.32. The van der Waals surface area contributed by atoms with Gasteiger partial charge in [0.25, 0.3) is 0 Å². The predicted octanol–water partition coefficient (Wildman–Crippen LogP) is 3.80. The maximum absolute atomic E-state index is 12.8. The molecular weight excluding hydrogens is 266 g/mol. The van der Waals surface area contributed by atoms with E-state index in [0.717, 1.165) is 10.5 Å². The molecule has 0 radical (unpaired) electrons. The molecule has 0 fully saturated rings. The number of ether oxygens (including phenoxy) is 1. The van der Waals surface area contributed by atoms with E-state index in [4.69, 9.17) is 4.74 Å². The van der Waals surface area contributed by atoms with Crippen LogP contribution in [0, 0.1) is 0 Å². The molecule has 0 bridgehead atoms. The van der Waals surface area contributed by atoms with E-state index in [1.54, 1.807) is 32.9 Å². The van der Waals surface area contributed by atoms with Crippen LogP contribution >= 0.6 is 0 Å². The molecule has 1 aliphatic rings. The van der Waals surface area contributed by atoms with Crippen LogP contribution in [0.25, 0.3) is 0 Å². The minimum atomic E-state index is -0.769. The molecule has 0 N–H and O–H groups in total. The van der Waals surface area contributed by atoms with Gasteiger partial charge in [0.15, 0.2) is 0 Å². The van der Waals surface area contributed by atoms with Crippen molar-refractivity contribution in [2.75, 3.05) is 4.90 Å². The average Bonchev–Trinajstić information content (AvgIpc) is 2.58. The molecule has 1 aromatic carbocycles. The predicted molar refractivity (Wildman–Crippen MR) is 82.3 cm³/mol. The summed E-state index contributed by atoms with van der Waals surface area (Å²) < 4.78 is 5.36. The standard InChI is InChI=1S/C17H21NO3/c1-6-11-17(5)12-9-7-8-10-13(12)18(14(17)19)15(20)21-16(2,3)4/h6-10H,1,11H2,2-5H3. The fourth-order valence-electron chi connectivity index (χ4n) is 2.58. The van der Waals surface area contributed by atoms with Crippen molar-refractivity contribution >= 4 is 17.7 Å². The van der Waals surface area contributed by atoms with E-state index in [-0.39, 0.29) is 5.91 Å². The smallest absolute Gasteiger partial charge is 0.421 e. The molecule has 1 unspecified atom stereocenters. The number of nitrogens with zero attached hydrogens (tertiary/aromatic N) is 1. The Labute approximate surface area is 125 Å². The zero-order valence-electron chi connectivity index (χ0n) is 13.0. The molecule has 1 aromatic rings.